The summed E-state index contributed by atoms with van der Waals surface area (Å²) in [7, 11) is 0. The number of hydrogen-bond acceptors (Lipinski definition) is 4. The van der Waals surface area contributed by atoms with E-state index in [0.717, 1.165) is 11.1 Å². The molecule has 2 aromatic rings. The van der Waals surface area contributed by atoms with E-state index in [1.165, 1.54) is 0 Å². The molecule has 1 fully saturated rings. The van der Waals surface area contributed by atoms with Crippen LogP contribution in [0.25, 0.3) is 11.0 Å². The number of alkyl halides is 2. The third-order valence-electron chi connectivity index (χ3n) is 5.39. The topological polar surface area (TPSA) is 68.5 Å². The average Bonchev–Trinajstić information content (AvgIpc) is 2.61. The quantitative estimate of drug-likeness (QED) is 0.792. The second kappa shape index (κ2) is 7.53. The first-order valence-corrected chi connectivity index (χ1v) is 9.47. The second-order valence-corrected chi connectivity index (χ2v) is 7.67. The Bertz CT molecular complexity index is 957. The van der Waals surface area contributed by atoms with Gasteiger partial charge in [-0.3, -0.25) is 4.79 Å². The second-order valence-electron chi connectivity index (χ2n) is 7.67. The van der Waals surface area contributed by atoms with Gasteiger partial charge in [-0.05, 0) is 63.8 Å². The lowest BCUT2D eigenvalue weighted by Gasteiger charge is -2.29. The minimum Gasteiger partial charge on any atom is -0.480 e. The Hall–Kier alpha value is -2.44. The van der Waals surface area contributed by atoms with Crippen LogP contribution >= 0.6 is 0 Å². The molecular formula is C21H25F2NO4. The van der Waals surface area contributed by atoms with E-state index >= 15 is 0 Å². The van der Waals surface area contributed by atoms with Gasteiger partial charge < -0.3 is 14.5 Å². The predicted molar refractivity (Wildman–Crippen MR) is 102 cm³/mol. The van der Waals surface area contributed by atoms with E-state index < -0.39 is 17.7 Å². The maximum Gasteiger partial charge on any atom is 0.339 e. The van der Waals surface area contributed by atoms with Crippen molar-refractivity contribution in [1.29, 1.82) is 0 Å². The van der Waals surface area contributed by atoms with Crippen LogP contribution in [0.1, 0.15) is 49.3 Å². The first kappa shape index (κ1) is 20.3. The van der Waals surface area contributed by atoms with Crippen molar-refractivity contribution < 1.29 is 22.7 Å². The highest BCUT2D eigenvalue weighted by Gasteiger charge is 2.35. The fourth-order valence-corrected chi connectivity index (χ4v) is 3.53. The number of rotatable bonds is 4. The molecule has 0 bridgehead atoms. The molecule has 1 heterocycles. The molecule has 7 heteroatoms. The highest BCUT2D eigenvalue weighted by atomic mass is 19.3. The number of amides is 1. The van der Waals surface area contributed by atoms with Gasteiger partial charge in [-0.1, -0.05) is 0 Å². The zero-order valence-corrected chi connectivity index (χ0v) is 16.5. The fraction of sp³-hybridized carbons (Fsp3) is 0.524. The van der Waals surface area contributed by atoms with Gasteiger partial charge in [0.15, 0.2) is 6.10 Å². The zero-order valence-electron chi connectivity index (χ0n) is 16.5. The van der Waals surface area contributed by atoms with Gasteiger partial charge in [0.05, 0.1) is 5.39 Å². The Morgan fingerprint density at radius 3 is 2.50 bits per heavy atom. The van der Waals surface area contributed by atoms with Gasteiger partial charge in [0.2, 0.25) is 5.92 Å². The molecule has 5 nitrogen and oxygen atoms in total. The van der Waals surface area contributed by atoms with Gasteiger partial charge in [0, 0.05) is 24.4 Å². The van der Waals surface area contributed by atoms with Crippen molar-refractivity contribution in [3.8, 4) is 5.75 Å². The molecule has 1 amide bonds. The van der Waals surface area contributed by atoms with Crippen LogP contribution < -0.4 is 15.7 Å². The van der Waals surface area contributed by atoms with E-state index in [0.29, 0.717) is 22.3 Å². The van der Waals surface area contributed by atoms with Crippen molar-refractivity contribution in [2.75, 3.05) is 0 Å². The van der Waals surface area contributed by atoms with Gasteiger partial charge in [0.1, 0.15) is 11.3 Å². The summed E-state index contributed by atoms with van der Waals surface area (Å²) in [6.45, 7) is 6.94. The number of benzene rings is 1. The fourth-order valence-electron chi connectivity index (χ4n) is 3.53. The zero-order chi connectivity index (χ0) is 20.6. The molecule has 1 aromatic heterocycles. The molecule has 0 saturated heterocycles. The molecule has 1 aliphatic rings. The van der Waals surface area contributed by atoms with Crippen LogP contribution in [-0.4, -0.2) is 24.0 Å². The standard InChI is InChI=1S/C21H25F2NO4/c1-11-9-16(18-12(2)13(3)20(26)28-17(18)10-11)27-14(4)19(25)24-15-5-7-21(22,23)8-6-15/h9-10,14-15H,5-8H2,1-4H3,(H,24,25). The Morgan fingerprint density at radius 1 is 1.21 bits per heavy atom. The van der Waals surface area contributed by atoms with E-state index in [1.807, 2.05) is 13.8 Å². The number of hydrogen-bond donors (Lipinski definition) is 1. The molecule has 152 valence electrons. The van der Waals surface area contributed by atoms with Gasteiger partial charge in [0.25, 0.3) is 5.91 Å². The Kier molecular flexibility index (Phi) is 5.46. The van der Waals surface area contributed by atoms with Crippen molar-refractivity contribution in [3.63, 3.8) is 0 Å². The van der Waals surface area contributed by atoms with Crippen LogP contribution in [0.5, 0.6) is 5.75 Å². The lowest BCUT2D eigenvalue weighted by Crippen LogP contribution is -2.45. The Labute approximate surface area is 162 Å². The minimum atomic E-state index is -2.64. The monoisotopic (exact) mass is 393 g/mol. The smallest absolute Gasteiger partial charge is 0.339 e. The molecule has 1 unspecified atom stereocenters. The predicted octanol–water partition coefficient (Wildman–Crippen LogP) is 4.18. The first-order chi connectivity index (χ1) is 13.1. The molecule has 1 aromatic carbocycles. The minimum absolute atomic E-state index is 0.215. The summed E-state index contributed by atoms with van der Waals surface area (Å²) in [5, 5.41) is 3.46. The summed E-state index contributed by atoms with van der Waals surface area (Å²) in [4.78, 5) is 24.5. The number of carbonyl (C=O) groups excluding carboxylic acids is 1. The summed E-state index contributed by atoms with van der Waals surface area (Å²) in [6.07, 6.45) is -0.746. The van der Waals surface area contributed by atoms with Crippen LogP contribution in [0.3, 0.4) is 0 Å². The molecular weight excluding hydrogens is 368 g/mol. The molecule has 1 saturated carbocycles. The number of aryl methyl sites for hydroxylation is 2. The van der Waals surface area contributed by atoms with Crippen LogP contribution in [0, 0.1) is 20.8 Å². The van der Waals surface area contributed by atoms with Gasteiger partial charge in [-0.2, -0.15) is 0 Å². The van der Waals surface area contributed by atoms with Crippen molar-refractivity contribution >= 4 is 16.9 Å². The van der Waals surface area contributed by atoms with Crippen LogP contribution in [0.2, 0.25) is 0 Å². The summed E-state index contributed by atoms with van der Waals surface area (Å²) in [5.41, 5.74) is 2.06. The van der Waals surface area contributed by atoms with Crippen molar-refractivity contribution in [3.05, 3.63) is 39.2 Å². The van der Waals surface area contributed by atoms with Gasteiger partial charge >= 0.3 is 5.63 Å². The number of nitrogens with one attached hydrogen (secondary N) is 1. The number of halogens is 2. The van der Waals surface area contributed by atoms with Gasteiger partial charge in [-0.15, -0.1) is 0 Å². The summed E-state index contributed by atoms with van der Waals surface area (Å²) in [5.74, 6) is -2.53. The van der Waals surface area contributed by atoms with Crippen molar-refractivity contribution in [2.45, 2.75) is 71.4 Å². The van der Waals surface area contributed by atoms with E-state index in [-0.39, 0.29) is 37.6 Å². The lowest BCUT2D eigenvalue weighted by molar-refractivity contribution is -0.129. The van der Waals surface area contributed by atoms with Crippen LogP contribution in [-0.2, 0) is 4.79 Å². The van der Waals surface area contributed by atoms with Gasteiger partial charge in [-0.25, -0.2) is 13.6 Å². The maximum atomic E-state index is 13.3. The van der Waals surface area contributed by atoms with E-state index in [9.17, 15) is 18.4 Å². The normalized spacial score (nSPS) is 18.1. The Balaban J connectivity index is 1.79. The molecule has 1 N–H and O–H groups in total. The maximum absolute atomic E-state index is 13.3. The molecule has 3 rings (SSSR count). The summed E-state index contributed by atoms with van der Waals surface area (Å²) in [6, 6.07) is 3.28. The molecule has 0 radical (unpaired) electrons. The number of fused-ring (bicyclic) bond motifs is 1. The van der Waals surface area contributed by atoms with E-state index in [2.05, 4.69) is 5.32 Å². The molecule has 28 heavy (non-hydrogen) atoms. The summed E-state index contributed by atoms with van der Waals surface area (Å²) >= 11 is 0. The number of carbonyl (C=O) groups is 1. The van der Waals surface area contributed by atoms with E-state index in [1.54, 1.807) is 26.0 Å². The lowest BCUT2D eigenvalue weighted by atomic mass is 9.92. The van der Waals surface area contributed by atoms with Crippen molar-refractivity contribution in [1.82, 2.24) is 5.32 Å². The number of ether oxygens (including phenoxy) is 1. The Morgan fingerprint density at radius 2 is 1.86 bits per heavy atom. The molecule has 0 aliphatic heterocycles. The first-order valence-electron chi connectivity index (χ1n) is 9.47. The highest BCUT2D eigenvalue weighted by molar-refractivity contribution is 5.89. The van der Waals surface area contributed by atoms with Crippen LogP contribution in [0.4, 0.5) is 8.78 Å². The van der Waals surface area contributed by atoms with E-state index in [4.69, 9.17) is 9.15 Å². The molecule has 1 aliphatic carbocycles. The molecule has 1 atom stereocenters. The SMILES string of the molecule is Cc1cc(OC(C)C(=O)NC2CCC(F)(F)CC2)c2c(C)c(C)c(=O)oc2c1. The highest BCUT2D eigenvalue weighted by Crippen LogP contribution is 2.34. The summed E-state index contributed by atoms with van der Waals surface area (Å²) < 4.78 is 37.8. The largest absolute Gasteiger partial charge is 0.480 e. The third kappa shape index (κ3) is 4.18. The van der Waals surface area contributed by atoms with Crippen LogP contribution in [0.15, 0.2) is 21.3 Å². The van der Waals surface area contributed by atoms with Crippen molar-refractivity contribution in [2.24, 2.45) is 0 Å². The third-order valence-corrected chi connectivity index (χ3v) is 5.39. The average molecular weight is 393 g/mol. The molecule has 0 spiro atoms.